The first kappa shape index (κ1) is 30.4. The van der Waals surface area contributed by atoms with Crippen LogP contribution >= 0.6 is 0 Å². The van der Waals surface area contributed by atoms with E-state index in [2.05, 4.69) is 20.3 Å². The van der Waals surface area contributed by atoms with Gasteiger partial charge in [-0.3, -0.25) is 14.3 Å². The van der Waals surface area contributed by atoms with Crippen molar-refractivity contribution in [3.8, 4) is 0 Å². The maximum Gasteiger partial charge on any atom is 0.272 e. The molecule has 3 N–H and O–H groups in total. The third kappa shape index (κ3) is 7.30. The average molecular weight is 614 g/mol. The van der Waals surface area contributed by atoms with Crippen molar-refractivity contribution in [2.45, 2.75) is 38.6 Å². The van der Waals surface area contributed by atoms with Crippen LogP contribution in [0.5, 0.6) is 0 Å². The lowest BCUT2D eigenvalue weighted by Gasteiger charge is -2.17. The van der Waals surface area contributed by atoms with Crippen molar-refractivity contribution in [3.63, 3.8) is 0 Å². The molecule has 0 saturated carbocycles. The van der Waals surface area contributed by atoms with Crippen LogP contribution in [0, 0.1) is 11.2 Å². The molecule has 2 amide bonds. The Morgan fingerprint density at radius 3 is 2.25 bits per heavy atom. The number of sulfonamides is 1. The second-order valence-corrected chi connectivity index (χ2v) is 13.2. The van der Waals surface area contributed by atoms with Crippen molar-refractivity contribution < 1.29 is 22.4 Å². The number of rotatable bonds is 9. The number of hydrogen-bond acceptors (Lipinski definition) is 5. The topological polar surface area (TPSA) is 122 Å². The van der Waals surface area contributed by atoms with Gasteiger partial charge in [-0.25, -0.2) is 17.8 Å². The molecule has 0 bridgehead atoms. The van der Waals surface area contributed by atoms with Crippen LogP contribution in [0.25, 0.3) is 10.9 Å². The molecule has 0 atom stereocenters. The summed E-state index contributed by atoms with van der Waals surface area (Å²) in [5, 5.41) is 6.41. The zero-order valence-corrected chi connectivity index (χ0v) is 25.3. The van der Waals surface area contributed by atoms with Gasteiger partial charge in [0.25, 0.3) is 15.9 Å². The summed E-state index contributed by atoms with van der Waals surface area (Å²) in [6, 6.07) is 23.9. The number of fused-ring (bicyclic) bond motifs is 1. The van der Waals surface area contributed by atoms with E-state index in [9.17, 15) is 22.4 Å². The summed E-state index contributed by atoms with van der Waals surface area (Å²) < 4.78 is 44.3. The van der Waals surface area contributed by atoms with Gasteiger partial charge in [0.15, 0.2) is 0 Å². The van der Waals surface area contributed by atoms with Crippen LogP contribution in [0.15, 0.2) is 102 Å². The van der Waals surface area contributed by atoms with E-state index in [1.54, 1.807) is 59.2 Å². The van der Waals surface area contributed by atoms with Crippen LogP contribution in [0.2, 0.25) is 0 Å². The van der Waals surface area contributed by atoms with E-state index < -0.39 is 21.7 Å². The normalized spacial score (nSPS) is 11.7. The minimum absolute atomic E-state index is 0.00384. The number of carbonyl (C=O) groups excluding carboxylic acids is 2. The van der Waals surface area contributed by atoms with E-state index in [0.29, 0.717) is 34.3 Å². The van der Waals surface area contributed by atoms with Gasteiger partial charge in [0.05, 0.1) is 11.4 Å². The lowest BCUT2D eigenvalue weighted by Crippen LogP contribution is -2.19. The molecule has 0 aliphatic heterocycles. The minimum atomic E-state index is -3.89. The van der Waals surface area contributed by atoms with Gasteiger partial charge in [-0.05, 0) is 72.1 Å². The van der Waals surface area contributed by atoms with Crippen LogP contribution < -0.4 is 15.4 Å². The number of nitrogens with zero attached hydrogens (tertiary/aromatic N) is 2. The van der Waals surface area contributed by atoms with E-state index >= 15 is 0 Å². The first-order valence-corrected chi connectivity index (χ1v) is 15.4. The molecule has 11 heteroatoms. The molecule has 5 aromatic rings. The van der Waals surface area contributed by atoms with Crippen molar-refractivity contribution in [1.82, 2.24) is 9.55 Å². The van der Waals surface area contributed by atoms with Crippen molar-refractivity contribution >= 4 is 49.9 Å². The molecule has 44 heavy (non-hydrogen) atoms. The molecule has 0 unspecified atom stereocenters. The van der Waals surface area contributed by atoms with Gasteiger partial charge in [-0.15, -0.1) is 0 Å². The predicted octanol–water partition coefficient (Wildman–Crippen LogP) is 6.65. The van der Waals surface area contributed by atoms with Gasteiger partial charge >= 0.3 is 0 Å². The molecule has 0 fully saturated rings. The minimum Gasteiger partial charge on any atom is -0.332 e. The number of carbonyl (C=O) groups is 2. The lowest BCUT2D eigenvalue weighted by atomic mass is 9.92. The number of anilines is 3. The quantitative estimate of drug-likeness (QED) is 0.172. The van der Waals surface area contributed by atoms with Crippen LogP contribution in [0.4, 0.5) is 21.6 Å². The van der Waals surface area contributed by atoms with Crippen LogP contribution in [-0.4, -0.2) is 29.8 Å². The SMILES string of the molecule is CC(C)(C)CC(=O)Nc1ccc2c(c1)cc(C(=O)Nc1ccc(S(=O)(=O)Nc3ccccn3)cc1)n2Cc1ccccc1F. The smallest absolute Gasteiger partial charge is 0.272 e. The fourth-order valence-corrected chi connectivity index (χ4v) is 5.73. The molecule has 0 radical (unpaired) electrons. The number of hydrogen-bond donors (Lipinski definition) is 3. The van der Waals surface area contributed by atoms with Crippen molar-refractivity contribution in [3.05, 3.63) is 114 Å². The Morgan fingerprint density at radius 1 is 0.864 bits per heavy atom. The Balaban J connectivity index is 1.42. The molecule has 0 spiro atoms. The van der Waals surface area contributed by atoms with Gasteiger partial charge in [-0.2, -0.15) is 0 Å². The van der Waals surface area contributed by atoms with Crippen LogP contribution in [0.3, 0.4) is 0 Å². The summed E-state index contributed by atoms with van der Waals surface area (Å²) >= 11 is 0. The zero-order valence-electron chi connectivity index (χ0n) is 24.5. The molecule has 2 heterocycles. The number of amides is 2. The highest BCUT2D eigenvalue weighted by Gasteiger charge is 2.20. The molecule has 0 aliphatic carbocycles. The molecular weight excluding hydrogens is 581 g/mol. The second kappa shape index (κ2) is 12.3. The monoisotopic (exact) mass is 613 g/mol. The number of benzene rings is 3. The Labute approximate surface area is 255 Å². The number of pyridine rings is 1. The number of aromatic nitrogens is 2. The maximum absolute atomic E-state index is 14.7. The van der Waals surface area contributed by atoms with Gasteiger partial charge in [0.2, 0.25) is 5.91 Å². The summed E-state index contributed by atoms with van der Waals surface area (Å²) in [6.07, 6.45) is 1.82. The van der Waals surface area contributed by atoms with Crippen LogP contribution in [0.1, 0.15) is 43.2 Å². The molecule has 3 aromatic carbocycles. The van der Waals surface area contributed by atoms with E-state index in [-0.39, 0.29) is 34.3 Å². The van der Waals surface area contributed by atoms with Gasteiger partial charge in [0.1, 0.15) is 17.3 Å². The molecule has 9 nitrogen and oxygen atoms in total. The van der Waals surface area contributed by atoms with E-state index in [4.69, 9.17) is 0 Å². The highest BCUT2D eigenvalue weighted by atomic mass is 32.2. The predicted molar refractivity (Wildman–Crippen MR) is 170 cm³/mol. The Morgan fingerprint density at radius 2 is 1.57 bits per heavy atom. The fraction of sp³-hybridized carbons (Fsp3) is 0.182. The van der Waals surface area contributed by atoms with Crippen molar-refractivity contribution in [2.24, 2.45) is 5.41 Å². The number of nitrogens with one attached hydrogen (secondary N) is 3. The summed E-state index contributed by atoms with van der Waals surface area (Å²) in [5.74, 6) is -0.813. The average Bonchev–Trinajstić information content (AvgIpc) is 3.31. The first-order chi connectivity index (χ1) is 20.9. The fourth-order valence-electron chi connectivity index (χ4n) is 4.72. The van der Waals surface area contributed by atoms with Gasteiger partial charge in [-0.1, -0.05) is 45.0 Å². The maximum atomic E-state index is 14.7. The highest BCUT2D eigenvalue weighted by Crippen LogP contribution is 2.27. The molecule has 2 aromatic heterocycles. The third-order valence-corrected chi connectivity index (χ3v) is 8.09. The molecule has 0 saturated heterocycles. The van der Waals surface area contributed by atoms with Crippen molar-refractivity contribution in [1.29, 1.82) is 0 Å². The summed E-state index contributed by atoms with van der Waals surface area (Å²) in [4.78, 5) is 30.1. The second-order valence-electron chi connectivity index (χ2n) is 11.6. The van der Waals surface area contributed by atoms with E-state index in [1.807, 2.05) is 20.8 Å². The first-order valence-electron chi connectivity index (χ1n) is 13.9. The lowest BCUT2D eigenvalue weighted by molar-refractivity contribution is -0.117. The Hall–Kier alpha value is -5.03. The summed E-state index contributed by atoms with van der Waals surface area (Å²) in [7, 11) is -3.89. The van der Waals surface area contributed by atoms with Gasteiger partial charge in [0, 0.05) is 40.5 Å². The standard InChI is InChI=1S/C33H32FN5O4S/c1-33(2,3)20-31(40)36-25-13-16-28-23(18-25)19-29(39(28)21-22-8-4-5-9-27(22)34)32(41)37-24-11-14-26(15-12-24)44(42,43)38-30-10-6-7-17-35-30/h4-19H,20-21H2,1-3H3,(H,35,38)(H,36,40)(H,37,41). The van der Waals surface area contributed by atoms with E-state index in [1.165, 1.54) is 42.6 Å². The molecular formula is C33H32FN5O4S. The summed E-state index contributed by atoms with van der Waals surface area (Å²) in [5.41, 5.74) is 2.10. The van der Waals surface area contributed by atoms with Gasteiger partial charge < -0.3 is 15.2 Å². The zero-order chi connectivity index (χ0) is 31.5. The molecule has 5 rings (SSSR count). The van der Waals surface area contributed by atoms with Crippen molar-refractivity contribution in [2.75, 3.05) is 15.4 Å². The number of halogens is 1. The van der Waals surface area contributed by atoms with E-state index in [0.717, 1.165) is 0 Å². The Bertz CT molecular complexity index is 1930. The van der Waals surface area contributed by atoms with Crippen LogP contribution in [-0.2, 0) is 21.4 Å². The Kier molecular flexibility index (Phi) is 8.50. The molecule has 0 aliphatic rings. The largest absolute Gasteiger partial charge is 0.332 e. The third-order valence-electron chi connectivity index (χ3n) is 6.72. The highest BCUT2D eigenvalue weighted by molar-refractivity contribution is 7.92. The summed E-state index contributed by atoms with van der Waals surface area (Å²) in [6.45, 7) is 6.03. The molecule has 226 valence electrons.